The Hall–Kier alpha value is -3.52. The van der Waals surface area contributed by atoms with E-state index in [1.54, 1.807) is 12.1 Å². The minimum atomic E-state index is -0.613. The van der Waals surface area contributed by atoms with Crippen molar-refractivity contribution in [2.24, 2.45) is 0 Å². The van der Waals surface area contributed by atoms with Gasteiger partial charge < -0.3 is 33.6 Å². The molecule has 1 aromatic carbocycles. The molecule has 0 spiro atoms. The van der Waals surface area contributed by atoms with E-state index in [-0.39, 0.29) is 54.6 Å². The van der Waals surface area contributed by atoms with E-state index in [1.807, 2.05) is 50.5 Å². The van der Waals surface area contributed by atoms with Crippen LogP contribution in [0.1, 0.15) is 59.6 Å². The van der Waals surface area contributed by atoms with E-state index >= 15 is 0 Å². The van der Waals surface area contributed by atoms with Crippen molar-refractivity contribution < 1.29 is 32.9 Å². The van der Waals surface area contributed by atoms with E-state index in [0.717, 1.165) is 16.9 Å². The van der Waals surface area contributed by atoms with Gasteiger partial charge in [0.25, 0.3) is 0 Å². The molecule has 51 heavy (non-hydrogen) atoms. The van der Waals surface area contributed by atoms with E-state index in [0.29, 0.717) is 83.7 Å². The zero-order valence-corrected chi connectivity index (χ0v) is 31.3. The zero-order chi connectivity index (χ0) is 36.4. The summed E-state index contributed by atoms with van der Waals surface area (Å²) in [6, 6.07) is 8.47. The fourth-order valence-electron chi connectivity index (χ4n) is 7.63. The Morgan fingerprint density at radius 2 is 1.61 bits per heavy atom. The molecule has 12 nitrogen and oxygen atoms in total. The monoisotopic (exact) mass is 710 g/mol. The maximum absolute atomic E-state index is 14.6. The smallest absolute Gasteiger partial charge is 0.410 e. The van der Waals surface area contributed by atoms with E-state index in [4.69, 9.17) is 23.9 Å². The van der Waals surface area contributed by atoms with Crippen LogP contribution in [-0.4, -0.2) is 140 Å². The predicted molar refractivity (Wildman–Crippen MR) is 193 cm³/mol. The van der Waals surface area contributed by atoms with Crippen molar-refractivity contribution in [1.82, 2.24) is 19.7 Å². The number of rotatable bonds is 7. The van der Waals surface area contributed by atoms with E-state index in [2.05, 4.69) is 28.5 Å². The van der Waals surface area contributed by atoms with Crippen molar-refractivity contribution >= 4 is 23.5 Å². The lowest BCUT2D eigenvalue weighted by molar-refractivity contribution is -0.123. The molecule has 2 aromatic rings. The standard InChI is InChI=1S/C38H55FN6O6/c1-25-18-42(32(19-43-26(2)22-49-23-27(43)3)20-44(25)37(47)51-38(5,6)7)21-34(46)45-28(4)24-50-36-33(45)17-30(16-29-8-10-31(39)11-9-29)35(40-36)41-12-14-48-15-13-41/h8-11,17,25-28,32H,12-16,18-24H2,1-7H3/t25-,26-,27-,28+,32+/m1/s1. The number of fused-ring (bicyclic) bond motifs is 1. The van der Waals surface area contributed by atoms with Gasteiger partial charge in [-0.05, 0) is 72.2 Å². The number of carbonyl (C=O) groups excluding carboxylic acids is 2. The molecular weight excluding hydrogens is 655 g/mol. The number of carbonyl (C=O) groups is 2. The lowest BCUT2D eigenvalue weighted by Crippen LogP contribution is -2.65. The first-order valence-corrected chi connectivity index (χ1v) is 18.4. The molecule has 2 amide bonds. The highest BCUT2D eigenvalue weighted by Gasteiger charge is 2.41. The number of nitrogens with zero attached hydrogens (tertiary/aromatic N) is 6. The molecule has 0 saturated carbocycles. The Kier molecular flexibility index (Phi) is 11.4. The second-order valence-corrected chi connectivity index (χ2v) is 15.6. The molecule has 13 heteroatoms. The number of hydrogen-bond acceptors (Lipinski definition) is 10. The maximum Gasteiger partial charge on any atom is 0.410 e. The van der Waals surface area contributed by atoms with Gasteiger partial charge in [0, 0.05) is 68.9 Å². The Balaban J connectivity index is 1.29. The van der Waals surface area contributed by atoms with Gasteiger partial charge in [-0.15, -0.1) is 0 Å². The van der Waals surface area contributed by atoms with Crippen LogP contribution in [0.15, 0.2) is 30.3 Å². The number of halogens is 1. The summed E-state index contributed by atoms with van der Waals surface area (Å²) in [5.74, 6) is 0.893. The summed E-state index contributed by atoms with van der Waals surface area (Å²) in [6.07, 6.45) is 0.187. The third kappa shape index (κ3) is 8.76. The summed E-state index contributed by atoms with van der Waals surface area (Å²) in [5, 5.41) is 0. The average molecular weight is 711 g/mol. The number of hydrogen-bond donors (Lipinski definition) is 0. The van der Waals surface area contributed by atoms with Crippen LogP contribution < -0.4 is 14.5 Å². The van der Waals surface area contributed by atoms with Crippen molar-refractivity contribution in [3.63, 3.8) is 0 Å². The SMILES string of the molecule is C[C@@H]1CN(CC(=O)N2c3cc(Cc4ccc(F)cc4)c(N4CCOCC4)nc3OC[C@@H]2C)[C@@H](CN2[C@H](C)COC[C@H]2C)CN1C(=O)OC(C)(C)C. The molecule has 5 atom stereocenters. The van der Waals surface area contributed by atoms with Crippen LogP contribution in [0.4, 0.5) is 20.7 Å². The van der Waals surface area contributed by atoms with Gasteiger partial charge in [-0.25, -0.2) is 9.18 Å². The molecular formula is C38H55FN6O6. The summed E-state index contributed by atoms with van der Waals surface area (Å²) in [5.41, 5.74) is 1.91. The van der Waals surface area contributed by atoms with Crippen molar-refractivity contribution in [1.29, 1.82) is 0 Å². The van der Waals surface area contributed by atoms with Crippen LogP contribution in [-0.2, 0) is 25.4 Å². The molecule has 0 aliphatic carbocycles. The van der Waals surface area contributed by atoms with E-state index in [9.17, 15) is 14.0 Å². The van der Waals surface area contributed by atoms with Crippen molar-refractivity contribution in [3.05, 3.63) is 47.3 Å². The molecule has 0 N–H and O–H groups in total. The van der Waals surface area contributed by atoms with Gasteiger partial charge in [-0.1, -0.05) is 12.1 Å². The normalized spacial score (nSPS) is 26.4. The predicted octanol–water partition coefficient (Wildman–Crippen LogP) is 4.18. The number of pyridine rings is 1. The van der Waals surface area contributed by atoms with Crippen LogP contribution in [0.2, 0.25) is 0 Å². The third-order valence-electron chi connectivity index (χ3n) is 10.3. The highest BCUT2D eigenvalue weighted by Crippen LogP contribution is 2.38. The van der Waals surface area contributed by atoms with E-state index in [1.165, 1.54) is 12.1 Å². The first kappa shape index (κ1) is 37.2. The molecule has 4 aliphatic heterocycles. The van der Waals surface area contributed by atoms with Crippen LogP contribution in [0.25, 0.3) is 0 Å². The van der Waals surface area contributed by atoms with Gasteiger partial charge in [0.15, 0.2) is 0 Å². The van der Waals surface area contributed by atoms with Gasteiger partial charge in [-0.3, -0.25) is 14.6 Å². The summed E-state index contributed by atoms with van der Waals surface area (Å²) < 4.78 is 37.3. The Labute approximate surface area is 301 Å². The van der Waals surface area contributed by atoms with Crippen LogP contribution >= 0.6 is 0 Å². The van der Waals surface area contributed by atoms with Crippen LogP contribution in [0.3, 0.4) is 0 Å². The number of anilines is 2. The molecule has 6 rings (SSSR count). The second-order valence-electron chi connectivity index (χ2n) is 15.6. The van der Waals surface area contributed by atoms with Crippen molar-refractivity contribution in [2.45, 2.75) is 90.7 Å². The minimum absolute atomic E-state index is 0.0494. The number of amides is 2. The lowest BCUT2D eigenvalue weighted by atomic mass is 10.0. The number of piperazine rings is 1. The topological polar surface area (TPSA) is 100 Å². The quantitative estimate of drug-likeness (QED) is 0.416. The van der Waals surface area contributed by atoms with E-state index < -0.39 is 5.60 Å². The summed E-state index contributed by atoms with van der Waals surface area (Å²) >= 11 is 0. The maximum atomic E-state index is 14.6. The van der Waals surface area contributed by atoms with Crippen LogP contribution in [0, 0.1) is 5.82 Å². The number of morpholine rings is 2. The molecule has 3 saturated heterocycles. The fourth-order valence-corrected chi connectivity index (χ4v) is 7.63. The molecule has 280 valence electrons. The van der Waals surface area contributed by atoms with Gasteiger partial charge in [0.05, 0.1) is 39.0 Å². The Morgan fingerprint density at radius 3 is 2.27 bits per heavy atom. The van der Waals surface area contributed by atoms with Gasteiger partial charge >= 0.3 is 6.09 Å². The average Bonchev–Trinajstić information content (AvgIpc) is 3.07. The van der Waals surface area contributed by atoms with Crippen molar-refractivity contribution in [2.75, 3.05) is 82.1 Å². The molecule has 0 radical (unpaired) electrons. The summed E-state index contributed by atoms with van der Waals surface area (Å²) in [6.45, 7) is 20.0. The minimum Gasteiger partial charge on any atom is -0.474 e. The Morgan fingerprint density at radius 1 is 0.922 bits per heavy atom. The third-order valence-corrected chi connectivity index (χ3v) is 10.3. The lowest BCUT2D eigenvalue weighted by Gasteiger charge is -2.49. The molecule has 0 unspecified atom stereocenters. The molecule has 5 heterocycles. The zero-order valence-electron chi connectivity index (χ0n) is 31.3. The number of benzene rings is 1. The van der Waals surface area contributed by atoms with Gasteiger partial charge in [0.2, 0.25) is 11.8 Å². The molecule has 4 aliphatic rings. The van der Waals surface area contributed by atoms with Crippen LogP contribution in [0.5, 0.6) is 5.88 Å². The fraction of sp³-hybridized carbons (Fsp3) is 0.658. The largest absolute Gasteiger partial charge is 0.474 e. The first-order chi connectivity index (χ1) is 24.3. The van der Waals surface area contributed by atoms with Gasteiger partial charge in [-0.2, -0.15) is 4.98 Å². The number of ether oxygens (including phenoxy) is 4. The summed E-state index contributed by atoms with van der Waals surface area (Å²) in [7, 11) is 0. The molecule has 1 aromatic heterocycles. The first-order valence-electron chi connectivity index (χ1n) is 18.4. The van der Waals surface area contributed by atoms with Crippen molar-refractivity contribution in [3.8, 4) is 5.88 Å². The number of aromatic nitrogens is 1. The highest BCUT2D eigenvalue weighted by molar-refractivity contribution is 5.97. The highest BCUT2D eigenvalue weighted by atomic mass is 19.1. The van der Waals surface area contributed by atoms with Gasteiger partial charge in [0.1, 0.15) is 29.5 Å². The summed E-state index contributed by atoms with van der Waals surface area (Å²) in [4.78, 5) is 43.5. The Bertz CT molecular complexity index is 1520. The molecule has 0 bridgehead atoms. The second kappa shape index (κ2) is 15.6. The molecule has 3 fully saturated rings.